The summed E-state index contributed by atoms with van der Waals surface area (Å²) in [6.07, 6.45) is 2.79. The normalized spacial score (nSPS) is 18.1. The number of nitrogens with zero attached hydrogens (tertiary/aromatic N) is 2. The van der Waals surface area contributed by atoms with Crippen molar-refractivity contribution in [1.82, 2.24) is 4.98 Å². The Bertz CT molecular complexity index is 1180. The molecule has 1 amide bonds. The molecule has 1 aliphatic heterocycles. The van der Waals surface area contributed by atoms with E-state index in [1.165, 1.54) is 48.8 Å². The van der Waals surface area contributed by atoms with Crippen molar-refractivity contribution in [1.29, 1.82) is 0 Å². The molecule has 150 valence electrons. The van der Waals surface area contributed by atoms with Crippen LogP contribution in [0.2, 0.25) is 0 Å². The van der Waals surface area contributed by atoms with Gasteiger partial charge in [0.05, 0.1) is 17.3 Å². The number of hydrogen-bond donors (Lipinski definition) is 2. The average Bonchev–Trinajstić information content (AvgIpc) is 3.01. The highest BCUT2D eigenvalue weighted by atomic mass is 19.1. The zero-order valence-corrected chi connectivity index (χ0v) is 15.3. The van der Waals surface area contributed by atoms with Gasteiger partial charge in [0.1, 0.15) is 23.1 Å². The van der Waals surface area contributed by atoms with Gasteiger partial charge in [-0.05, 0) is 42.0 Å². The number of phenols is 1. The topological polar surface area (TPSA) is 90.7 Å². The first-order chi connectivity index (χ1) is 14.4. The molecule has 2 N–H and O–H groups in total. The van der Waals surface area contributed by atoms with Gasteiger partial charge in [0.2, 0.25) is 0 Å². The van der Waals surface area contributed by atoms with Gasteiger partial charge in [-0.25, -0.2) is 8.78 Å². The van der Waals surface area contributed by atoms with Gasteiger partial charge in [0.25, 0.3) is 11.7 Å². The summed E-state index contributed by atoms with van der Waals surface area (Å²) in [5, 5.41) is 20.4. The Morgan fingerprint density at radius 2 is 1.63 bits per heavy atom. The van der Waals surface area contributed by atoms with Crippen molar-refractivity contribution >= 4 is 23.1 Å². The summed E-state index contributed by atoms with van der Waals surface area (Å²) in [6, 6.07) is 9.69. The van der Waals surface area contributed by atoms with E-state index >= 15 is 0 Å². The maximum atomic E-state index is 14.5. The van der Waals surface area contributed by atoms with Crippen LogP contribution in [0, 0.1) is 11.6 Å². The molecule has 0 spiro atoms. The van der Waals surface area contributed by atoms with E-state index in [1.54, 1.807) is 0 Å². The summed E-state index contributed by atoms with van der Waals surface area (Å²) in [6.45, 7) is 0. The van der Waals surface area contributed by atoms with Crippen LogP contribution in [-0.2, 0) is 9.59 Å². The van der Waals surface area contributed by atoms with Crippen LogP contribution < -0.4 is 4.90 Å². The van der Waals surface area contributed by atoms with Gasteiger partial charge in [-0.2, -0.15) is 0 Å². The number of Topliss-reactive ketones (excluding diaryl/α,β-unsaturated/α-hetero) is 1. The number of anilines is 1. The average molecular weight is 408 g/mol. The number of hydrogen-bond acceptors (Lipinski definition) is 5. The zero-order chi connectivity index (χ0) is 21.4. The van der Waals surface area contributed by atoms with E-state index in [0.29, 0.717) is 5.56 Å². The minimum atomic E-state index is -1.24. The number of aliphatic hydroxyl groups is 1. The van der Waals surface area contributed by atoms with Crippen molar-refractivity contribution in [3.8, 4) is 5.75 Å². The van der Waals surface area contributed by atoms with E-state index < -0.39 is 40.8 Å². The summed E-state index contributed by atoms with van der Waals surface area (Å²) < 4.78 is 28.4. The Morgan fingerprint density at radius 1 is 0.967 bits per heavy atom. The molecular formula is C22H14F2N2O4. The Morgan fingerprint density at radius 3 is 2.30 bits per heavy atom. The Kier molecular flexibility index (Phi) is 4.75. The number of pyridine rings is 1. The molecule has 8 heteroatoms. The maximum absolute atomic E-state index is 14.5. The van der Waals surface area contributed by atoms with Crippen LogP contribution >= 0.6 is 0 Å². The molecule has 3 aromatic rings. The van der Waals surface area contributed by atoms with Crippen LogP contribution in [0.3, 0.4) is 0 Å². The second-order valence-corrected chi connectivity index (χ2v) is 6.59. The number of aromatic nitrogens is 1. The summed E-state index contributed by atoms with van der Waals surface area (Å²) in [5.41, 5.74) is -0.192. The van der Waals surface area contributed by atoms with Crippen molar-refractivity contribution in [3.63, 3.8) is 0 Å². The fourth-order valence-corrected chi connectivity index (χ4v) is 3.39. The minimum absolute atomic E-state index is 0.0678. The first-order valence-corrected chi connectivity index (χ1v) is 8.84. The van der Waals surface area contributed by atoms with Gasteiger partial charge in [-0.15, -0.1) is 0 Å². The number of carbonyl (C=O) groups is 2. The SMILES string of the molecule is O=C1C(=O)N(c2cc(F)ccc2F)C(c2ccc(O)cc2)/C1=C(\O)c1ccncc1. The summed E-state index contributed by atoms with van der Waals surface area (Å²) >= 11 is 0. The number of benzene rings is 2. The van der Waals surface area contributed by atoms with E-state index in [-0.39, 0.29) is 16.9 Å². The summed E-state index contributed by atoms with van der Waals surface area (Å²) in [4.78, 5) is 30.4. The molecule has 1 fully saturated rings. The second kappa shape index (κ2) is 7.40. The quantitative estimate of drug-likeness (QED) is 0.392. The molecule has 2 aromatic carbocycles. The van der Waals surface area contributed by atoms with Crippen molar-refractivity contribution in [2.45, 2.75) is 6.04 Å². The maximum Gasteiger partial charge on any atom is 0.300 e. The fourth-order valence-electron chi connectivity index (χ4n) is 3.39. The van der Waals surface area contributed by atoms with Gasteiger partial charge in [0.15, 0.2) is 0 Å². The van der Waals surface area contributed by atoms with Crippen LogP contribution in [0.15, 0.2) is 72.6 Å². The zero-order valence-electron chi connectivity index (χ0n) is 15.3. The third kappa shape index (κ3) is 3.18. The number of phenolic OH excluding ortho intramolecular Hbond substituents is 1. The summed E-state index contributed by atoms with van der Waals surface area (Å²) in [7, 11) is 0. The minimum Gasteiger partial charge on any atom is -0.508 e. The molecule has 1 atom stereocenters. The third-order valence-electron chi connectivity index (χ3n) is 4.77. The molecule has 0 bridgehead atoms. The number of halogens is 2. The van der Waals surface area contributed by atoms with Gasteiger partial charge in [-0.3, -0.25) is 19.5 Å². The summed E-state index contributed by atoms with van der Waals surface area (Å²) in [5.74, 6) is -4.42. The Labute approximate surface area is 169 Å². The highest BCUT2D eigenvalue weighted by molar-refractivity contribution is 6.51. The first-order valence-electron chi connectivity index (χ1n) is 8.84. The smallest absolute Gasteiger partial charge is 0.300 e. The van der Waals surface area contributed by atoms with Crippen LogP contribution in [0.1, 0.15) is 17.2 Å². The molecule has 1 saturated heterocycles. The monoisotopic (exact) mass is 408 g/mol. The molecule has 0 radical (unpaired) electrons. The standard InChI is InChI=1S/C22H14F2N2O4/c23-14-3-6-16(24)17(11-14)26-19(12-1-4-15(27)5-2-12)18(21(29)22(26)30)20(28)13-7-9-25-10-8-13/h1-11,19,27-28H/b20-18+. The van der Waals surface area contributed by atoms with E-state index in [9.17, 15) is 28.6 Å². The highest BCUT2D eigenvalue weighted by Gasteiger charge is 2.47. The third-order valence-corrected chi connectivity index (χ3v) is 4.77. The number of carbonyl (C=O) groups excluding carboxylic acids is 2. The van der Waals surface area contributed by atoms with E-state index in [0.717, 1.165) is 23.1 Å². The molecule has 1 unspecified atom stereocenters. The van der Waals surface area contributed by atoms with E-state index in [2.05, 4.69) is 4.98 Å². The largest absolute Gasteiger partial charge is 0.508 e. The Balaban J connectivity index is 1.98. The molecule has 4 rings (SSSR count). The van der Waals surface area contributed by atoms with Gasteiger partial charge in [0, 0.05) is 24.0 Å². The molecule has 0 saturated carbocycles. The van der Waals surface area contributed by atoms with Crippen LogP contribution in [0.5, 0.6) is 5.75 Å². The molecule has 6 nitrogen and oxygen atoms in total. The number of aromatic hydroxyl groups is 1. The lowest BCUT2D eigenvalue weighted by Crippen LogP contribution is -2.30. The molecule has 2 heterocycles. The number of aliphatic hydroxyl groups excluding tert-OH is 1. The van der Waals surface area contributed by atoms with E-state index in [1.807, 2.05) is 0 Å². The number of amides is 1. The van der Waals surface area contributed by atoms with Crippen molar-refractivity contribution in [2.75, 3.05) is 4.90 Å². The molecule has 30 heavy (non-hydrogen) atoms. The van der Waals surface area contributed by atoms with Crippen LogP contribution in [0.4, 0.5) is 14.5 Å². The van der Waals surface area contributed by atoms with Crippen molar-refractivity contribution in [3.05, 3.63) is 95.3 Å². The predicted octanol–water partition coefficient (Wildman–Crippen LogP) is 3.69. The van der Waals surface area contributed by atoms with E-state index in [4.69, 9.17) is 0 Å². The fraction of sp³-hybridized carbons (Fsp3) is 0.0455. The lowest BCUT2D eigenvalue weighted by molar-refractivity contribution is -0.132. The molecule has 1 aromatic heterocycles. The van der Waals surface area contributed by atoms with Gasteiger partial charge in [-0.1, -0.05) is 12.1 Å². The lowest BCUT2D eigenvalue weighted by Gasteiger charge is -2.25. The molecule has 1 aliphatic rings. The highest BCUT2D eigenvalue weighted by Crippen LogP contribution is 2.43. The van der Waals surface area contributed by atoms with Crippen LogP contribution in [0.25, 0.3) is 5.76 Å². The lowest BCUT2D eigenvalue weighted by atomic mass is 9.95. The predicted molar refractivity (Wildman–Crippen MR) is 103 cm³/mol. The van der Waals surface area contributed by atoms with Gasteiger partial charge < -0.3 is 10.2 Å². The number of ketones is 1. The Hall–Kier alpha value is -4.07. The molecule has 0 aliphatic carbocycles. The first kappa shape index (κ1) is 19.3. The van der Waals surface area contributed by atoms with Gasteiger partial charge >= 0.3 is 0 Å². The molecular weight excluding hydrogens is 394 g/mol. The second-order valence-electron chi connectivity index (χ2n) is 6.59. The van der Waals surface area contributed by atoms with Crippen molar-refractivity contribution in [2.24, 2.45) is 0 Å². The number of rotatable bonds is 3. The van der Waals surface area contributed by atoms with Crippen LogP contribution in [-0.4, -0.2) is 26.9 Å². The van der Waals surface area contributed by atoms with Crippen molar-refractivity contribution < 1.29 is 28.6 Å².